The molecule has 100 valence electrons. The number of halogens is 3. The molecule has 0 unspecified atom stereocenters. The van der Waals surface area contributed by atoms with E-state index in [1.807, 2.05) is 0 Å². The molecule has 0 atom stereocenters. The number of aromatic nitrogens is 1. The largest absolute Gasteiger partial charge is 0.416 e. The van der Waals surface area contributed by atoms with Crippen LogP contribution in [-0.2, 0) is 6.18 Å². The molecule has 2 aromatic rings. The molecule has 0 bridgehead atoms. The van der Waals surface area contributed by atoms with Gasteiger partial charge in [-0.25, -0.2) is 4.98 Å². The van der Waals surface area contributed by atoms with Crippen LogP contribution >= 0.6 is 0 Å². The second-order valence-corrected chi connectivity index (χ2v) is 4.17. The number of pyridine rings is 1. The van der Waals surface area contributed by atoms with Gasteiger partial charge in [0.05, 0.1) is 11.3 Å². The smallest absolute Gasteiger partial charge is 0.396 e. The van der Waals surface area contributed by atoms with Gasteiger partial charge in [0.15, 0.2) is 0 Å². The summed E-state index contributed by atoms with van der Waals surface area (Å²) < 4.78 is 38.0. The van der Waals surface area contributed by atoms with E-state index in [4.69, 9.17) is 11.5 Å². The maximum absolute atomic E-state index is 12.7. The highest BCUT2D eigenvalue weighted by atomic mass is 19.4. The zero-order valence-electron chi connectivity index (χ0n) is 10.1. The van der Waals surface area contributed by atoms with E-state index in [9.17, 15) is 13.2 Å². The Morgan fingerprint density at radius 2 is 1.84 bits per heavy atom. The van der Waals surface area contributed by atoms with Gasteiger partial charge >= 0.3 is 6.18 Å². The molecule has 1 aromatic carbocycles. The highest BCUT2D eigenvalue weighted by Crippen LogP contribution is 2.34. The average Bonchev–Trinajstić information content (AvgIpc) is 2.35. The van der Waals surface area contributed by atoms with Crippen LogP contribution in [0.1, 0.15) is 11.1 Å². The number of hydrogen-bond acceptors (Lipinski definition) is 3. The van der Waals surface area contributed by atoms with Crippen molar-refractivity contribution in [2.75, 3.05) is 11.5 Å². The zero-order valence-corrected chi connectivity index (χ0v) is 10.1. The van der Waals surface area contributed by atoms with E-state index in [1.54, 1.807) is 13.0 Å². The van der Waals surface area contributed by atoms with Crippen LogP contribution in [0, 0.1) is 6.92 Å². The molecule has 0 radical (unpaired) electrons. The Morgan fingerprint density at radius 1 is 1.16 bits per heavy atom. The van der Waals surface area contributed by atoms with Crippen molar-refractivity contribution in [1.82, 2.24) is 4.98 Å². The Labute approximate surface area is 108 Å². The summed E-state index contributed by atoms with van der Waals surface area (Å²) >= 11 is 0. The SMILES string of the molecule is Cc1c(-c2cccc(C(F)(F)F)c2)cnc(N)c1N. The van der Waals surface area contributed by atoms with Crippen LogP contribution in [0.5, 0.6) is 0 Å². The summed E-state index contributed by atoms with van der Waals surface area (Å²) in [6.45, 7) is 1.70. The molecule has 1 heterocycles. The monoisotopic (exact) mass is 267 g/mol. The fourth-order valence-electron chi connectivity index (χ4n) is 1.79. The highest BCUT2D eigenvalue weighted by Gasteiger charge is 2.30. The lowest BCUT2D eigenvalue weighted by molar-refractivity contribution is -0.137. The Balaban J connectivity index is 2.57. The summed E-state index contributed by atoms with van der Waals surface area (Å²) in [6, 6.07) is 5.02. The average molecular weight is 267 g/mol. The fraction of sp³-hybridized carbons (Fsp3) is 0.154. The van der Waals surface area contributed by atoms with Gasteiger partial charge < -0.3 is 11.5 Å². The number of nitrogens with zero attached hydrogens (tertiary/aromatic N) is 1. The summed E-state index contributed by atoms with van der Waals surface area (Å²) in [7, 11) is 0. The Kier molecular flexibility index (Phi) is 3.09. The third-order valence-electron chi connectivity index (χ3n) is 2.92. The molecule has 0 spiro atoms. The lowest BCUT2D eigenvalue weighted by Gasteiger charge is -2.12. The van der Waals surface area contributed by atoms with E-state index in [0.29, 0.717) is 16.7 Å². The molecule has 0 fully saturated rings. The number of anilines is 2. The lowest BCUT2D eigenvalue weighted by Crippen LogP contribution is -2.05. The van der Waals surface area contributed by atoms with Crippen LogP contribution in [0.2, 0.25) is 0 Å². The van der Waals surface area contributed by atoms with Gasteiger partial charge in [-0.2, -0.15) is 13.2 Å². The van der Waals surface area contributed by atoms with Gasteiger partial charge in [0.25, 0.3) is 0 Å². The lowest BCUT2D eigenvalue weighted by atomic mass is 9.99. The van der Waals surface area contributed by atoms with Crippen LogP contribution in [0.25, 0.3) is 11.1 Å². The standard InChI is InChI=1S/C13H12F3N3/c1-7-10(6-19-12(18)11(7)17)8-3-2-4-9(5-8)13(14,15)16/h2-6H,17H2,1H3,(H2,18,19). The van der Waals surface area contributed by atoms with Crippen LogP contribution in [0.15, 0.2) is 30.5 Å². The number of rotatable bonds is 1. The number of nitrogens with two attached hydrogens (primary N) is 2. The van der Waals surface area contributed by atoms with Gasteiger partial charge in [0.1, 0.15) is 5.82 Å². The van der Waals surface area contributed by atoms with Crippen LogP contribution < -0.4 is 11.5 Å². The number of hydrogen-bond donors (Lipinski definition) is 2. The quantitative estimate of drug-likeness (QED) is 0.833. The molecule has 3 nitrogen and oxygen atoms in total. The molecule has 0 amide bonds. The van der Waals surface area contributed by atoms with Gasteiger partial charge in [-0.1, -0.05) is 12.1 Å². The van der Waals surface area contributed by atoms with Gasteiger partial charge in [-0.3, -0.25) is 0 Å². The van der Waals surface area contributed by atoms with Crippen LogP contribution in [-0.4, -0.2) is 4.98 Å². The molecule has 0 saturated heterocycles. The van der Waals surface area contributed by atoms with Crippen molar-refractivity contribution in [3.63, 3.8) is 0 Å². The second kappa shape index (κ2) is 4.46. The van der Waals surface area contributed by atoms with E-state index in [0.717, 1.165) is 12.1 Å². The molecule has 19 heavy (non-hydrogen) atoms. The van der Waals surface area contributed by atoms with Gasteiger partial charge in [-0.05, 0) is 30.2 Å². The van der Waals surface area contributed by atoms with E-state index < -0.39 is 11.7 Å². The van der Waals surface area contributed by atoms with E-state index in [2.05, 4.69) is 4.98 Å². The van der Waals surface area contributed by atoms with Crippen LogP contribution in [0.3, 0.4) is 0 Å². The third kappa shape index (κ3) is 2.47. The molecule has 0 aliphatic heterocycles. The summed E-state index contributed by atoms with van der Waals surface area (Å²) in [6.07, 6.45) is -2.95. The molecular formula is C13H12F3N3. The minimum Gasteiger partial charge on any atom is -0.396 e. The molecular weight excluding hydrogens is 255 g/mol. The molecule has 0 aliphatic rings. The van der Waals surface area contributed by atoms with E-state index >= 15 is 0 Å². The summed E-state index contributed by atoms with van der Waals surface area (Å²) in [4.78, 5) is 3.88. The molecule has 0 aliphatic carbocycles. The first-order valence-corrected chi connectivity index (χ1v) is 5.49. The first kappa shape index (κ1) is 13.2. The van der Waals surface area contributed by atoms with Crippen LogP contribution in [0.4, 0.5) is 24.7 Å². The van der Waals surface area contributed by atoms with Crippen molar-refractivity contribution in [2.45, 2.75) is 13.1 Å². The minimum absolute atomic E-state index is 0.174. The molecule has 4 N–H and O–H groups in total. The topological polar surface area (TPSA) is 64.9 Å². The van der Waals surface area contributed by atoms with Crippen molar-refractivity contribution >= 4 is 11.5 Å². The Hall–Kier alpha value is -2.24. The highest BCUT2D eigenvalue weighted by molar-refractivity contribution is 5.77. The van der Waals surface area contributed by atoms with Gasteiger partial charge in [-0.15, -0.1) is 0 Å². The fourth-order valence-corrected chi connectivity index (χ4v) is 1.79. The molecule has 6 heteroatoms. The van der Waals surface area contributed by atoms with Gasteiger partial charge in [0, 0.05) is 11.8 Å². The molecule has 0 saturated carbocycles. The molecule has 1 aromatic heterocycles. The predicted molar refractivity (Wildman–Crippen MR) is 68.2 cm³/mol. The van der Waals surface area contributed by atoms with Crippen molar-refractivity contribution in [3.8, 4) is 11.1 Å². The third-order valence-corrected chi connectivity index (χ3v) is 2.92. The maximum atomic E-state index is 12.7. The van der Waals surface area contributed by atoms with Crippen molar-refractivity contribution in [1.29, 1.82) is 0 Å². The summed E-state index contributed by atoms with van der Waals surface area (Å²) in [5.41, 5.74) is 12.4. The van der Waals surface area contributed by atoms with Gasteiger partial charge in [0.2, 0.25) is 0 Å². The second-order valence-electron chi connectivity index (χ2n) is 4.17. The first-order chi connectivity index (χ1) is 8.80. The normalized spacial score (nSPS) is 11.6. The predicted octanol–water partition coefficient (Wildman–Crippen LogP) is 3.24. The van der Waals surface area contributed by atoms with Crippen molar-refractivity contribution in [3.05, 3.63) is 41.6 Å². The van der Waals surface area contributed by atoms with Crippen molar-refractivity contribution in [2.24, 2.45) is 0 Å². The summed E-state index contributed by atoms with van der Waals surface area (Å²) in [5, 5.41) is 0. The Morgan fingerprint density at radius 3 is 2.47 bits per heavy atom. The van der Waals surface area contributed by atoms with E-state index in [1.165, 1.54) is 12.3 Å². The number of benzene rings is 1. The molecule has 2 rings (SSSR count). The minimum atomic E-state index is -4.38. The first-order valence-electron chi connectivity index (χ1n) is 5.49. The van der Waals surface area contributed by atoms with E-state index in [-0.39, 0.29) is 11.5 Å². The number of alkyl halides is 3. The Bertz CT molecular complexity index is 621. The number of nitrogen functional groups attached to an aromatic ring is 2. The maximum Gasteiger partial charge on any atom is 0.416 e. The van der Waals surface area contributed by atoms with Crippen molar-refractivity contribution < 1.29 is 13.2 Å². The summed E-state index contributed by atoms with van der Waals surface area (Å²) in [5.74, 6) is 0.174. The zero-order chi connectivity index (χ0) is 14.2.